The van der Waals surface area contributed by atoms with E-state index in [4.69, 9.17) is 9.47 Å². The summed E-state index contributed by atoms with van der Waals surface area (Å²) in [5.74, 6) is 1.05. The molecule has 0 aliphatic heterocycles. The average molecular weight is 361 g/mol. The molecule has 2 aromatic rings. The maximum absolute atomic E-state index is 12.8. The monoisotopic (exact) mass is 361 g/mol. The predicted octanol–water partition coefficient (Wildman–Crippen LogP) is 3.69. The van der Waals surface area contributed by atoms with Crippen molar-refractivity contribution >= 4 is 15.7 Å². The zero-order valence-corrected chi connectivity index (χ0v) is 15.6. The fraction of sp³-hybridized carbons (Fsp3) is 0.368. The van der Waals surface area contributed by atoms with Crippen molar-refractivity contribution in [2.24, 2.45) is 0 Å². The predicted molar refractivity (Wildman–Crippen MR) is 98.2 cm³/mol. The number of anilines is 1. The van der Waals surface area contributed by atoms with E-state index in [0.29, 0.717) is 22.1 Å². The molecule has 0 saturated heterocycles. The highest BCUT2D eigenvalue weighted by Crippen LogP contribution is 2.34. The lowest BCUT2D eigenvalue weighted by Crippen LogP contribution is -2.15. The third kappa shape index (κ3) is 3.58. The number of rotatable bonds is 5. The van der Waals surface area contributed by atoms with Crippen LogP contribution in [-0.4, -0.2) is 22.6 Å². The lowest BCUT2D eigenvalue weighted by molar-refractivity contribution is 0.355. The Labute approximate surface area is 149 Å². The number of aryl methyl sites for hydroxylation is 3. The molecule has 0 unspecified atom stereocenters. The molecule has 6 heteroatoms. The van der Waals surface area contributed by atoms with Gasteiger partial charge in [0.2, 0.25) is 0 Å². The van der Waals surface area contributed by atoms with Crippen molar-refractivity contribution in [3.63, 3.8) is 0 Å². The molecular weight excluding hydrogens is 338 g/mol. The summed E-state index contributed by atoms with van der Waals surface area (Å²) >= 11 is 0. The smallest absolute Gasteiger partial charge is 0.261 e. The molecule has 1 N–H and O–H groups in total. The third-order valence-electron chi connectivity index (χ3n) is 4.61. The number of hydrogen-bond donors (Lipinski definition) is 1. The minimum absolute atomic E-state index is 0.294. The van der Waals surface area contributed by atoms with E-state index < -0.39 is 10.0 Å². The van der Waals surface area contributed by atoms with Gasteiger partial charge in [-0.15, -0.1) is 0 Å². The van der Waals surface area contributed by atoms with Crippen molar-refractivity contribution in [3.05, 3.63) is 47.0 Å². The number of benzene rings is 2. The molecule has 1 aliphatic carbocycles. The summed E-state index contributed by atoms with van der Waals surface area (Å²) in [6.07, 6.45) is 4.24. The highest BCUT2D eigenvalue weighted by atomic mass is 32.2. The summed E-state index contributed by atoms with van der Waals surface area (Å²) in [6, 6.07) is 8.81. The SMILES string of the molecule is COc1cc(C)c(NS(=O)(=O)c2ccc3c(c2)CCCC3)cc1OC. The second-order valence-electron chi connectivity index (χ2n) is 6.27. The molecule has 0 spiro atoms. The summed E-state index contributed by atoms with van der Waals surface area (Å²) in [5.41, 5.74) is 3.64. The molecule has 25 heavy (non-hydrogen) atoms. The summed E-state index contributed by atoms with van der Waals surface area (Å²) in [5, 5.41) is 0. The van der Waals surface area contributed by atoms with Crippen LogP contribution in [0.3, 0.4) is 0 Å². The van der Waals surface area contributed by atoms with Crippen molar-refractivity contribution in [1.29, 1.82) is 0 Å². The van der Waals surface area contributed by atoms with E-state index in [1.807, 2.05) is 13.0 Å². The van der Waals surface area contributed by atoms with Crippen LogP contribution in [-0.2, 0) is 22.9 Å². The van der Waals surface area contributed by atoms with Gasteiger partial charge in [0.1, 0.15) is 0 Å². The van der Waals surface area contributed by atoms with Gasteiger partial charge in [-0.1, -0.05) is 6.07 Å². The molecule has 0 radical (unpaired) electrons. The van der Waals surface area contributed by atoms with Crippen molar-refractivity contribution in [2.45, 2.75) is 37.5 Å². The quantitative estimate of drug-likeness (QED) is 0.882. The van der Waals surface area contributed by atoms with Gasteiger partial charge in [-0.25, -0.2) is 8.42 Å². The number of hydrogen-bond acceptors (Lipinski definition) is 4. The Morgan fingerprint density at radius 2 is 1.56 bits per heavy atom. The van der Waals surface area contributed by atoms with Gasteiger partial charge in [-0.3, -0.25) is 4.72 Å². The van der Waals surface area contributed by atoms with Crippen LogP contribution in [0, 0.1) is 6.92 Å². The second kappa shape index (κ2) is 6.96. The van der Waals surface area contributed by atoms with Crippen LogP contribution in [0.15, 0.2) is 35.2 Å². The Balaban J connectivity index is 1.94. The van der Waals surface area contributed by atoms with Crippen LogP contribution in [0.1, 0.15) is 29.5 Å². The minimum Gasteiger partial charge on any atom is -0.493 e. The van der Waals surface area contributed by atoms with Gasteiger partial charge in [-0.2, -0.15) is 0 Å². The Bertz CT molecular complexity index is 891. The Hall–Kier alpha value is -2.21. The number of methoxy groups -OCH3 is 2. The van der Waals surface area contributed by atoms with Crippen LogP contribution in [0.5, 0.6) is 11.5 Å². The summed E-state index contributed by atoms with van der Waals surface area (Å²) in [4.78, 5) is 0.294. The molecule has 134 valence electrons. The highest BCUT2D eigenvalue weighted by molar-refractivity contribution is 7.92. The topological polar surface area (TPSA) is 64.6 Å². The molecule has 0 bridgehead atoms. The molecule has 5 nitrogen and oxygen atoms in total. The second-order valence-corrected chi connectivity index (χ2v) is 7.95. The molecule has 0 aromatic heterocycles. The Morgan fingerprint density at radius 1 is 0.920 bits per heavy atom. The van der Waals surface area contributed by atoms with E-state index in [0.717, 1.165) is 30.4 Å². The minimum atomic E-state index is -3.66. The van der Waals surface area contributed by atoms with Gasteiger partial charge in [0, 0.05) is 6.07 Å². The Kier molecular flexibility index (Phi) is 4.90. The van der Waals surface area contributed by atoms with Gasteiger partial charge in [0.05, 0.1) is 24.8 Å². The maximum Gasteiger partial charge on any atom is 0.261 e. The van der Waals surface area contributed by atoms with E-state index >= 15 is 0 Å². The van der Waals surface area contributed by atoms with Gasteiger partial charge in [0.15, 0.2) is 11.5 Å². The highest BCUT2D eigenvalue weighted by Gasteiger charge is 2.19. The molecule has 0 saturated carbocycles. The molecule has 0 fully saturated rings. The number of sulfonamides is 1. The zero-order chi connectivity index (χ0) is 18.0. The van der Waals surface area contributed by atoms with Crippen LogP contribution in [0.4, 0.5) is 5.69 Å². The van der Waals surface area contributed by atoms with Gasteiger partial charge >= 0.3 is 0 Å². The molecule has 2 aromatic carbocycles. The first kappa shape index (κ1) is 17.6. The maximum atomic E-state index is 12.8. The van der Waals surface area contributed by atoms with Crippen molar-refractivity contribution in [2.75, 3.05) is 18.9 Å². The fourth-order valence-electron chi connectivity index (χ4n) is 3.17. The molecule has 1 aliphatic rings. The molecule has 3 rings (SSSR count). The summed E-state index contributed by atoms with van der Waals surface area (Å²) in [6.45, 7) is 1.83. The summed E-state index contributed by atoms with van der Waals surface area (Å²) in [7, 11) is -0.588. The van der Waals surface area contributed by atoms with Crippen molar-refractivity contribution < 1.29 is 17.9 Å². The average Bonchev–Trinajstić information content (AvgIpc) is 2.62. The van der Waals surface area contributed by atoms with Crippen LogP contribution >= 0.6 is 0 Å². The van der Waals surface area contributed by atoms with E-state index in [-0.39, 0.29) is 0 Å². The fourth-order valence-corrected chi connectivity index (χ4v) is 4.34. The summed E-state index contributed by atoms with van der Waals surface area (Å²) < 4.78 is 38.8. The third-order valence-corrected chi connectivity index (χ3v) is 5.97. The molecular formula is C19H23NO4S. The number of ether oxygens (including phenoxy) is 2. The zero-order valence-electron chi connectivity index (χ0n) is 14.8. The van der Waals surface area contributed by atoms with Crippen LogP contribution in [0.25, 0.3) is 0 Å². The first-order valence-corrected chi connectivity index (χ1v) is 9.80. The molecule has 0 atom stereocenters. The first-order chi connectivity index (χ1) is 11.9. The van der Waals surface area contributed by atoms with Crippen molar-refractivity contribution in [3.8, 4) is 11.5 Å². The lowest BCUT2D eigenvalue weighted by atomic mass is 9.92. The van der Waals surface area contributed by atoms with Crippen LogP contribution in [0.2, 0.25) is 0 Å². The van der Waals surface area contributed by atoms with E-state index in [1.54, 1.807) is 31.4 Å². The largest absolute Gasteiger partial charge is 0.493 e. The van der Waals surface area contributed by atoms with E-state index in [2.05, 4.69) is 4.72 Å². The lowest BCUT2D eigenvalue weighted by Gasteiger charge is -2.18. The van der Waals surface area contributed by atoms with Gasteiger partial charge in [0.25, 0.3) is 10.0 Å². The molecule has 0 amide bonds. The van der Waals surface area contributed by atoms with E-state index in [9.17, 15) is 8.42 Å². The normalized spacial score (nSPS) is 13.9. The standard InChI is InChI=1S/C19H23NO4S/c1-13-10-18(23-2)19(24-3)12-17(13)20-25(21,22)16-9-8-14-6-4-5-7-15(14)11-16/h8-12,20H,4-7H2,1-3H3. The molecule has 0 heterocycles. The number of fused-ring (bicyclic) bond motifs is 1. The van der Waals surface area contributed by atoms with Crippen molar-refractivity contribution in [1.82, 2.24) is 0 Å². The van der Waals surface area contributed by atoms with Crippen LogP contribution < -0.4 is 14.2 Å². The number of nitrogens with one attached hydrogen (secondary N) is 1. The Morgan fingerprint density at radius 3 is 2.24 bits per heavy atom. The van der Waals surface area contributed by atoms with Gasteiger partial charge < -0.3 is 9.47 Å². The van der Waals surface area contributed by atoms with Gasteiger partial charge in [-0.05, 0) is 67.5 Å². The first-order valence-electron chi connectivity index (χ1n) is 8.32. The van der Waals surface area contributed by atoms with E-state index in [1.165, 1.54) is 19.1 Å².